The van der Waals surface area contributed by atoms with Gasteiger partial charge in [-0.05, 0) is 42.0 Å². The standard InChI is InChI=1S/2C10H14N.2ClH.2Pd/c2*1-9(11(2)3)10-7-5-4-6-8-10;;;;/h2*4-7,9H,1-3H3;2*1H;;/q2*-1;;;2*+2/p-2/t2*9-;;;;/m11..../s1. The SMILES string of the molecule is C[C@H](c1[c-]cccc1)N(C)C.C[C@H](c1[c-]cccc1)N(C)C.[Cl][Pd+].[Cl][Pd+]. The summed E-state index contributed by atoms with van der Waals surface area (Å²) in [6, 6.07) is 23.5. The molecular weight excluding hydrogens is 552 g/mol. The molecule has 0 heterocycles. The summed E-state index contributed by atoms with van der Waals surface area (Å²) in [6.07, 6.45) is 0. The van der Waals surface area contributed by atoms with Crippen molar-refractivity contribution in [2.45, 2.75) is 25.9 Å². The van der Waals surface area contributed by atoms with Gasteiger partial charge in [-0.25, -0.2) is 0 Å². The van der Waals surface area contributed by atoms with Crippen molar-refractivity contribution in [3.8, 4) is 0 Å². The molecule has 0 fully saturated rings. The zero-order chi connectivity index (χ0) is 20.5. The van der Waals surface area contributed by atoms with Crippen LogP contribution in [0.4, 0.5) is 0 Å². The Labute approximate surface area is 190 Å². The van der Waals surface area contributed by atoms with Gasteiger partial charge in [-0.2, -0.15) is 60.7 Å². The van der Waals surface area contributed by atoms with Gasteiger partial charge in [0.25, 0.3) is 0 Å². The van der Waals surface area contributed by atoms with Gasteiger partial charge in [0.15, 0.2) is 0 Å². The van der Waals surface area contributed by atoms with Crippen LogP contribution in [-0.4, -0.2) is 38.0 Å². The molecule has 0 aromatic heterocycles. The summed E-state index contributed by atoms with van der Waals surface area (Å²) >= 11 is 4.44. The third-order valence-electron chi connectivity index (χ3n) is 3.92. The van der Waals surface area contributed by atoms with E-state index in [1.807, 2.05) is 36.4 Å². The van der Waals surface area contributed by atoms with Crippen LogP contribution in [0.15, 0.2) is 48.5 Å². The Morgan fingerprint density at radius 3 is 1.19 bits per heavy atom. The molecule has 0 spiro atoms. The molecule has 152 valence electrons. The number of halogens is 2. The molecule has 0 aliphatic heterocycles. The minimum absolute atomic E-state index is 0.455. The molecule has 0 saturated carbocycles. The number of nitrogens with zero attached hydrogens (tertiary/aromatic N) is 2. The monoisotopic (exact) mass is 578 g/mol. The molecule has 0 N–H and O–H groups in total. The van der Waals surface area contributed by atoms with Gasteiger partial charge in [-0.1, -0.05) is 0 Å². The number of hydrogen-bond acceptors (Lipinski definition) is 2. The van der Waals surface area contributed by atoms with Crippen LogP contribution in [0.3, 0.4) is 0 Å². The molecule has 0 bridgehead atoms. The molecular formula is C20H28Cl2N2Pd2. The predicted octanol–water partition coefficient (Wildman–Crippen LogP) is 5.59. The van der Waals surface area contributed by atoms with Gasteiger partial charge in [0.1, 0.15) is 0 Å². The fourth-order valence-corrected chi connectivity index (χ4v) is 1.89. The average molecular weight is 580 g/mol. The number of rotatable bonds is 4. The first-order valence-corrected chi connectivity index (χ1v) is 11.9. The van der Waals surface area contributed by atoms with Crippen molar-refractivity contribution < 1.29 is 36.4 Å². The van der Waals surface area contributed by atoms with Crippen molar-refractivity contribution in [1.29, 1.82) is 0 Å². The van der Waals surface area contributed by atoms with Crippen molar-refractivity contribution in [3.05, 3.63) is 71.8 Å². The third-order valence-corrected chi connectivity index (χ3v) is 3.92. The second kappa shape index (κ2) is 18.6. The summed E-state index contributed by atoms with van der Waals surface area (Å²) in [5.41, 5.74) is 2.50. The summed E-state index contributed by atoms with van der Waals surface area (Å²) in [5, 5.41) is 0. The van der Waals surface area contributed by atoms with Crippen LogP contribution in [-0.2, 0) is 36.4 Å². The van der Waals surface area contributed by atoms with E-state index in [0.29, 0.717) is 12.1 Å². The topological polar surface area (TPSA) is 6.48 Å². The molecule has 2 nitrogen and oxygen atoms in total. The summed E-state index contributed by atoms with van der Waals surface area (Å²) < 4.78 is 0. The van der Waals surface area contributed by atoms with Crippen molar-refractivity contribution in [2.24, 2.45) is 0 Å². The van der Waals surface area contributed by atoms with Gasteiger partial charge in [0, 0.05) is 12.1 Å². The van der Waals surface area contributed by atoms with Crippen LogP contribution in [0.1, 0.15) is 37.1 Å². The van der Waals surface area contributed by atoms with Gasteiger partial charge in [0.2, 0.25) is 0 Å². The molecule has 0 aliphatic rings. The summed E-state index contributed by atoms with van der Waals surface area (Å²) in [5.74, 6) is 0. The van der Waals surface area contributed by atoms with Gasteiger partial charge < -0.3 is 9.80 Å². The summed E-state index contributed by atoms with van der Waals surface area (Å²) in [6.45, 7) is 4.34. The molecule has 6 heteroatoms. The maximum absolute atomic E-state index is 4.49. The Kier molecular flexibility index (Phi) is 20.4. The quantitative estimate of drug-likeness (QED) is 0.344. The van der Waals surface area contributed by atoms with Crippen LogP contribution < -0.4 is 0 Å². The van der Waals surface area contributed by atoms with Crippen LogP contribution >= 0.6 is 19.1 Å². The summed E-state index contributed by atoms with van der Waals surface area (Å²) in [7, 11) is 17.3. The molecule has 26 heavy (non-hydrogen) atoms. The van der Waals surface area contributed by atoms with E-state index in [4.69, 9.17) is 0 Å². The first kappa shape index (κ1) is 28.5. The predicted molar refractivity (Wildman–Crippen MR) is 106 cm³/mol. The van der Waals surface area contributed by atoms with E-state index in [2.05, 4.69) is 132 Å². The Morgan fingerprint density at radius 1 is 0.692 bits per heavy atom. The van der Waals surface area contributed by atoms with Gasteiger partial charge in [0.05, 0.1) is 0 Å². The van der Waals surface area contributed by atoms with Crippen LogP contribution in [0.25, 0.3) is 0 Å². The van der Waals surface area contributed by atoms with Crippen molar-refractivity contribution >= 4 is 19.1 Å². The molecule has 0 amide bonds. The first-order chi connectivity index (χ1) is 12.4. The molecule has 0 radical (unpaired) electrons. The summed E-state index contributed by atoms with van der Waals surface area (Å²) in [4.78, 5) is 4.34. The zero-order valence-electron chi connectivity index (χ0n) is 16.1. The molecule has 2 aromatic carbocycles. The first-order valence-electron chi connectivity index (χ1n) is 7.93. The fraction of sp³-hybridized carbons (Fsp3) is 0.400. The number of benzene rings is 2. The van der Waals surface area contributed by atoms with Gasteiger partial charge in [-0.15, -0.1) is 11.1 Å². The van der Waals surface area contributed by atoms with Gasteiger partial charge in [-0.3, -0.25) is 0 Å². The van der Waals surface area contributed by atoms with Crippen LogP contribution in [0.5, 0.6) is 0 Å². The fourth-order valence-electron chi connectivity index (χ4n) is 1.89. The van der Waals surface area contributed by atoms with E-state index < -0.39 is 0 Å². The third kappa shape index (κ3) is 12.6. The molecule has 0 saturated heterocycles. The maximum atomic E-state index is 4.49. The van der Waals surface area contributed by atoms with Gasteiger partial charge >= 0.3 is 55.4 Å². The van der Waals surface area contributed by atoms with E-state index in [1.54, 1.807) is 0 Å². The molecule has 0 unspecified atom stereocenters. The Balaban J connectivity index is 0. The average Bonchev–Trinajstić information content (AvgIpc) is 2.71. The Morgan fingerprint density at radius 2 is 1.00 bits per heavy atom. The second-order valence-corrected chi connectivity index (χ2v) is 5.91. The molecule has 2 atom stereocenters. The van der Waals surface area contributed by atoms with E-state index in [0.717, 1.165) is 0 Å². The molecule has 2 aromatic rings. The van der Waals surface area contributed by atoms with E-state index in [9.17, 15) is 0 Å². The second-order valence-electron chi connectivity index (χ2n) is 5.91. The Bertz CT molecular complexity index is 476. The van der Waals surface area contributed by atoms with Crippen molar-refractivity contribution in [2.75, 3.05) is 28.2 Å². The van der Waals surface area contributed by atoms with E-state index in [-0.39, 0.29) is 0 Å². The normalized spacial score (nSPS) is 11.9. The van der Waals surface area contributed by atoms with E-state index >= 15 is 0 Å². The molecule has 0 aliphatic carbocycles. The minimum atomic E-state index is 0.455. The van der Waals surface area contributed by atoms with Crippen molar-refractivity contribution in [1.82, 2.24) is 9.80 Å². The van der Waals surface area contributed by atoms with E-state index in [1.165, 1.54) is 11.1 Å². The van der Waals surface area contributed by atoms with Crippen LogP contribution in [0, 0.1) is 12.1 Å². The Hall–Kier alpha value is 0.265. The van der Waals surface area contributed by atoms with Crippen LogP contribution in [0.2, 0.25) is 0 Å². The molecule has 2 rings (SSSR count). The van der Waals surface area contributed by atoms with Crippen molar-refractivity contribution in [3.63, 3.8) is 0 Å². The number of hydrogen-bond donors (Lipinski definition) is 0. The zero-order valence-corrected chi connectivity index (χ0v) is 20.7.